The van der Waals surface area contributed by atoms with E-state index in [2.05, 4.69) is 5.32 Å². The molecular weight excluding hydrogens is 218 g/mol. The van der Waals surface area contributed by atoms with Crippen molar-refractivity contribution in [1.29, 1.82) is 0 Å². The third kappa shape index (κ3) is 3.91. The highest BCUT2D eigenvalue weighted by atomic mass is 32.2. The molecule has 0 aromatic rings. The topological polar surface area (TPSA) is 72.5 Å². The number of nitrogens with one attached hydrogen (secondary N) is 1. The van der Waals surface area contributed by atoms with Gasteiger partial charge in [-0.15, -0.1) is 0 Å². The van der Waals surface area contributed by atoms with E-state index in [4.69, 9.17) is 4.74 Å². The van der Waals surface area contributed by atoms with Gasteiger partial charge in [0.2, 0.25) is 0 Å². The van der Waals surface area contributed by atoms with Gasteiger partial charge in [0.15, 0.2) is 9.84 Å². The number of hydrogen-bond acceptors (Lipinski definition) is 4. The van der Waals surface area contributed by atoms with Crippen molar-refractivity contribution in [3.63, 3.8) is 0 Å². The highest BCUT2D eigenvalue weighted by Gasteiger charge is 2.23. The van der Waals surface area contributed by atoms with Crippen LogP contribution >= 0.6 is 0 Å². The van der Waals surface area contributed by atoms with Gasteiger partial charge in [-0.1, -0.05) is 6.92 Å². The SMILES string of the molecule is CC[C@H](C)OC(=O)N[C@H]1C=CS(=O)(=O)C1. The lowest BCUT2D eigenvalue weighted by Crippen LogP contribution is -2.37. The number of carbonyl (C=O) groups is 1. The standard InChI is InChI=1S/C9H15NO4S/c1-3-7(2)14-9(11)10-8-4-5-15(12,13)6-8/h4-5,7-8H,3,6H2,1-2H3,(H,10,11)/t7-,8-/m0/s1. The number of hydrogen-bond donors (Lipinski definition) is 1. The summed E-state index contributed by atoms with van der Waals surface area (Å²) in [5.74, 6) is -0.0807. The molecule has 1 aliphatic rings. The number of alkyl carbamates (subject to hydrolysis) is 1. The monoisotopic (exact) mass is 233 g/mol. The zero-order valence-electron chi connectivity index (χ0n) is 8.76. The molecule has 5 nitrogen and oxygen atoms in total. The average molecular weight is 233 g/mol. The van der Waals surface area contributed by atoms with E-state index in [1.807, 2.05) is 6.92 Å². The van der Waals surface area contributed by atoms with Gasteiger partial charge in [-0.2, -0.15) is 0 Å². The highest BCUT2D eigenvalue weighted by Crippen LogP contribution is 2.08. The van der Waals surface area contributed by atoms with Crippen LogP contribution in [0.4, 0.5) is 4.79 Å². The van der Waals surface area contributed by atoms with Crippen LogP contribution in [-0.4, -0.2) is 32.4 Å². The van der Waals surface area contributed by atoms with Gasteiger partial charge >= 0.3 is 6.09 Å². The Morgan fingerprint density at radius 3 is 2.80 bits per heavy atom. The fourth-order valence-corrected chi connectivity index (χ4v) is 2.35. The van der Waals surface area contributed by atoms with E-state index in [-0.39, 0.29) is 11.9 Å². The Bertz CT molecular complexity index is 360. The van der Waals surface area contributed by atoms with E-state index in [0.717, 1.165) is 11.8 Å². The molecule has 0 saturated carbocycles. The smallest absolute Gasteiger partial charge is 0.407 e. The van der Waals surface area contributed by atoms with Crippen LogP contribution in [0.1, 0.15) is 20.3 Å². The summed E-state index contributed by atoms with van der Waals surface area (Å²) < 4.78 is 27.0. The van der Waals surface area contributed by atoms with Crippen LogP contribution in [0.3, 0.4) is 0 Å². The van der Waals surface area contributed by atoms with E-state index >= 15 is 0 Å². The molecule has 1 heterocycles. The Labute approximate surface area is 89.4 Å². The molecule has 0 spiro atoms. The van der Waals surface area contributed by atoms with Crippen LogP contribution in [0.15, 0.2) is 11.5 Å². The molecule has 0 saturated heterocycles. The maximum Gasteiger partial charge on any atom is 0.407 e. The van der Waals surface area contributed by atoms with Crippen molar-refractivity contribution in [2.24, 2.45) is 0 Å². The van der Waals surface area contributed by atoms with Crippen LogP contribution < -0.4 is 5.32 Å². The second-order valence-electron chi connectivity index (χ2n) is 3.53. The Hall–Kier alpha value is -1.04. The first-order chi connectivity index (χ1) is 6.93. The molecule has 1 aliphatic heterocycles. The van der Waals surface area contributed by atoms with Crippen molar-refractivity contribution in [2.75, 3.05) is 5.75 Å². The molecule has 0 unspecified atom stereocenters. The van der Waals surface area contributed by atoms with Gasteiger partial charge in [0, 0.05) is 5.41 Å². The molecular formula is C9H15NO4S. The Morgan fingerprint density at radius 2 is 2.33 bits per heavy atom. The molecule has 0 fully saturated rings. The molecule has 0 aromatic carbocycles. The van der Waals surface area contributed by atoms with Crippen LogP contribution in [0.5, 0.6) is 0 Å². The third-order valence-corrected chi connectivity index (χ3v) is 3.51. The van der Waals surface area contributed by atoms with Gasteiger partial charge in [-0.05, 0) is 19.4 Å². The minimum atomic E-state index is -3.13. The molecule has 1 N–H and O–H groups in total. The van der Waals surface area contributed by atoms with E-state index in [0.29, 0.717) is 0 Å². The third-order valence-electron chi connectivity index (χ3n) is 2.12. The van der Waals surface area contributed by atoms with Crippen molar-refractivity contribution < 1.29 is 17.9 Å². The summed E-state index contributed by atoms with van der Waals surface area (Å²) in [4.78, 5) is 11.2. The molecule has 1 rings (SSSR count). The maximum absolute atomic E-state index is 11.2. The molecule has 0 aliphatic carbocycles. The van der Waals surface area contributed by atoms with Crippen LogP contribution in [-0.2, 0) is 14.6 Å². The lowest BCUT2D eigenvalue weighted by molar-refractivity contribution is 0.104. The van der Waals surface area contributed by atoms with Crippen LogP contribution in [0, 0.1) is 0 Å². The first-order valence-electron chi connectivity index (χ1n) is 4.81. The van der Waals surface area contributed by atoms with Gasteiger partial charge in [0.25, 0.3) is 0 Å². The summed E-state index contributed by atoms with van der Waals surface area (Å²) in [6, 6.07) is -0.466. The first-order valence-corrected chi connectivity index (χ1v) is 6.52. The largest absolute Gasteiger partial charge is 0.447 e. The summed E-state index contributed by atoms with van der Waals surface area (Å²) in [5, 5.41) is 3.58. The summed E-state index contributed by atoms with van der Waals surface area (Å²) in [6.07, 6.45) is 1.45. The molecule has 6 heteroatoms. The predicted molar refractivity (Wildman–Crippen MR) is 56.1 cm³/mol. The number of sulfone groups is 1. The molecule has 86 valence electrons. The van der Waals surface area contributed by atoms with Gasteiger partial charge in [0.05, 0.1) is 11.8 Å². The summed E-state index contributed by atoms with van der Waals surface area (Å²) in [7, 11) is -3.13. The summed E-state index contributed by atoms with van der Waals surface area (Å²) in [6.45, 7) is 3.68. The zero-order chi connectivity index (χ0) is 11.5. The fourth-order valence-electron chi connectivity index (χ4n) is 1.12. The van der Waals surface area contributed by atoms with E-state index < -0.39 is 22.0 Å². The fraction of sp³-hybridized carbons (Fsp3) is 0.667. The van der Waals surface area contributed by atoms with Gasteiger partial charge in [-0.3, -0.25) is 0 Å². The minimum Gasteiger partial charge on any atom is -0.447 e. The lowest BCUT2D eigenvalue weighted by Gasteiger charge is -2.14. The lowest BCUT2D eigenvalue weighted by atomic mass is 10.3. The Morgan fingerprint density at radius 1 is 1.67 bits per heavy atom. The first kappa shape index (κ1) is 12.0. The molecule has 0 bridgehead atoms. The van der Waals surface area contributed by atoms with E-state index in [1.54, 1.807) is 6.92 Å². The molecule has 0 radical (unpaired) electrons. The zero-order valence-corrected chi connectivity index (χ0v) is 9.58. The van der Waals surface area contributed by atoms with E-state index in [1.165, 1.54) is 6.08 Å². The molecule has 2 atom stereocenters. The molecule has 0 aromatic heterocycles. The van der Waals surface area contributed by atoms with Crippen LogP contribution in [0.2, 0.25) is 0 Å². The van der Waals surface area contributed by atoms with E-state index in [9.17, 15) is 13.2 Å². The van der Waals surface area contributed by atoms with Crippen molar-refractivity contribution in [2.45, 2.75) is 32.4 Å². The van der Waals surface area contributed by atoms with Crippen molar-refractivity contribution in [1.82, 2.24) is 5.32 Å². The average Bonchev–Trinajstić information content (AvgIpc) is 2.44. The quantitative estimate of drug-likeness (QED) is 0.783. The maximum atomic E-state index is 11.2. The van der Waals surface area contributed by atoms with Gasteiger partial charge in [-0.25, -0.2) is 13.2 Å². The number of ether oxygens (including phenoxy) is 1. The summed E-state index contributed by atoms with van der Waals surface area (Å²) in [5.41, 5.74) is 0. The van der Waals surface area contributed by atoms with Gasteiger partial charge < -0.3 is 10.1 Å². The Balaban J connectivity index is 2.38. The van der Waals surface area contributed by atoms with Crippen molar-refractivity contribution in [3.05, 3.63) is 11.5 Å². The highest BCUT2D eigenvalue weighted by molar-refractivity contribution is 7.94. The predicted octanol–water partition coefficient (Wildman–Crippen LogP) is 0.822. The van der Waals surface area contributed by atoms with Crippen molar-refractivity contribution in [3.8, 4) is 0 Å². The number of carbonyl (C=O) groups excluding carboxylic acids is 1. The Kier molecular flexibility index (Phi) is 3.73. The van der Waals surface area contributed by atoms with Gasteiger partial charge in [0.1, 0.15) is 6.10 Å². The summed E-state index contributed by atoms with van der Waals surface area (Å²) >= 11 is 0. The second-order valence-corrected chi connectivity index (χ2v) is 5.46. The molecule has 15 heavy (non-hydrogen) atoms. The molecule has 1 amide bonds. The van der Waals surface area contributed by atoms with Crippen LogP contribution in [0.25, 0.3) is 0 Å². The normalized spacial score (nSPS) is 24.8. The van der Waals surface area contributed by atoms with Crippen molar-refractivity contribution >= 4 is 15.9 Å². The number of amides is 1. The minimum absolute atomic E-state index is 0.0807. The second kappa shape index (κ2) is 4.65. The number of rotatable bonds is 3.